The third-order valence-corrected chi connectivity index (χ3v) is 4.86. The Balaban J connectivity index is 3.42. The minimum absolute atomic E-state index is 0.497. The molecule has 1 unspecified atom stereocenters. The molecule has 0 fully saturated rings. The summed E-state index contributed by atoms with van der Waals surface area (Å²) in [5, 5.41) is 9.19. The number of hydrogen-bond acceptors (Lipinski definition) is 3. The van der Waals surface area contributed by atoms with E-state index in [-0.39, 0.29) is 0 Å². The van der Waals surface area contributed by atoms with Crippen molar-refractivity contribution in [3.8, 4) is 0 Å². The molecule has 4 nitrogen and oxygen atoms in total. The molecule has 0 aliphatic heterocycles. The molecule has 26 heavy (non-hydrogen) atoms. The van der Waals surface area contributed by atoms with Gasteiger partial charge in [0.25, 0.3) is 0 Å². The zero-order valence-electron chi connectivity index (χ0n) is 17.5. The van der Waals surface area contributed by atoms with Crippen LogP contribution >= 0.6 is 0 Å². The zero-order chi connectivity index (χ0) is 19.3. The normalized spacial score (nSPS) is 12.4. The first-order valence-electron chi connectivity index (χ1n) is 11.2. The SMILES string of the molecule is CCCCCCCCCCCCOOC(CCCCCCCC)C(=O)O. The molecule has 0 aliphatic carbocycles. The van der Waals surface area contributed by atoms with Crippen molar-refractivity contribution >= 4 is 5.97 Å². The molecule has 156 valence electrons. The number of unbranched alkanes of at least 4 members (excludes halogenated alkanes) is 14. The third kappa shape index (κ3) is 18.2. The average Bonchev–Trinajstić information content (AvgIpc) is 2.63. The molecule has 0 heterocycles. The van der Waals surface area contributed by atoms with Crippen LogP contribution in [0.15, 0.2) is 0 Å². The Hall–Kier alpha value is -0.610. The first-order chi connectivity index (χ1) is 12.7. The highest BCUT2D eigenvalue weighted by Gasteiger charge is 2.18. The van der Waals surface area contributed by atoms with Crippen LogP contribution in [-0.2, 0) is 14.6 Å². The largest absolute Gasteiger partial charge is 0.479 e. The summed E-state index contributed by atoms with van der Waals surface area (Å²) < 4.78 is 0. The number of carboxylic acids is 1. The van der Waals surface area contributed by atoms with Gasteiger partial charge in [0, 0.05) is 0 Å². The first-order valence-corrected chi connectivity index (χ1v) is 11.2. The smallest absolute Gasteiger partial charge is 0.336 e. The Bertz CT molecular complexity index is 294. The van der Waals surface area contributed by atoms with Gasteiger partial charge in [0.2, 0.25) is 0 Å². The van der Waals surface area contributed by atoms with E-state index in [1.165, 1.54) is 77.0 Å². The molecule has 0 radical (unpaired) electrons. The molecule has 0 aliphatic rings. The van der Waals surface area contributed by atoms with Crippen LogP contribution in [0.2, 0.25) is 0 Å². The van der Waals surface area contributed by atoms with E-state index in [0.717, 1.165) is 25.7 Å². The van der Waals surface area contributed by atoms with Crippen LogP contribution in [-0.4, -0.2) is 23.8 Å². The number of hydrogen-bond donors (Lipinski definition) is 1. The van der Waals surface area contributed by atoms with E-state index in [9.17, 15) is 9.90 Å². The average molecular weight is 373 g/mol. The van der Waals surface area contributed by atoms with Gasteiger partial charge >= 0.3 is 5.97 Å². The van der Waals surface area contributed by atoms with Crippen LogP contribution in [0.5, 0.6) is 0 Å². The van der Waals surface area contributed by atoms with Gasteiger partial charge in [-0.3, -0.25) is 0 Å². The van der Waals surface area contributed by atoms with Gasteiger partial charge in [0.05, 0.1) is 6.61 Å². The maximum Gasteiger partial charge on any atom is 0.336 e. The van der Waals surface area contributed by atoms with Gasteiger partial charge < -0.3 is 5.11 Å². The minimum atomic E-state index is -0.915. The van der Waals surface area contributed by atoms with Crippen molar-refractivity contribution in [3.63, 3.8) is 0 Å². The van der Waals surface area contributed by atoms with E-state index in [2.05, 4.69) is 13.8 Å². The van der Waals surface area contributed by atoms with E-state index in [0.29, 0.717) is 13.0 Å². The summed E-state index contributed by atoms with van der Waals surface area (Å²) in [6, 6.07) is 0. The molecular formula is C22H44O4. The topological polar surface area (TPSA) is 55.8 Å². The Morgan fingerprint density at radius 3 is 1.58 bits per heavy atom. The van der Waals surface area contributed by atoms with E-state index in [1.807, 2.05) is 0 Å². The van der Waals surface area contributed by atoms with Gasteiger partial charge in [-0.05, 0) is 12.8 Å². The second-order valence-electron chi connectivity index (χ2n) is 7.48. The quantitative estimate of drug-likeness (QED) is 0.133. The Morgan fingerprint density at radius 2 is 1.12 bits per heavy atom. The minimum Gasteiger partial charge on any atom is -0.479 e. The van der Waals surface area contributed by atoms with Crippen molar-refractivity contribution in [3.05, 3.63) is 0 Å². The standard InChI is InChI=1S/C22H44O4/c1-3-5-7-9-11-12-13-14-16-18-20-25-26-21(22(23)24)19-17-15-10-8-6-4-2/h21H,3-20H2,1-2H3,(H,23,24). The molecule has 0 aromatic rings. The highest BCUT2D eigenvalue weighted by molar-refractivity contribution is 5.72. The molecule has 0 saturated carbocycles. The van der Waals surface area contributed by atoms with Crippen LogP contribution in [0.4, 0.5) is 0 Å². The fourth-order valence-electron chi connectivity index (χ4n) is 3.10. The first kappa shape index (κ1) is 25.4. The van der Waals surface area contributed by atoms with Crippen molar-refractivity contribution in [1.82, 2.24) is 0 Å². The van der Waals surface area contributed by atoms with E-state index < -0.39 is 12.1 Å². The van der Waals surface area contributed by atoms with Crippen molar-refractivity contribution in [2.45, 2.75) is 129 Å². The van der Waals surface area contributed by atoms with Crippen molar-refractivity contribution < 1.29 is 19.7 Å². The van der Waals surface area contributed by atoms with E-state index >= 15 is 0 Å². The summed E-state index contributed by atoms with van der Waals surface area (Å²) in [5.74, 6) is -0.915. The monoisotopic (exact) mass is 372 g/mol. The number of aliphatic carboxylic acids is 1. The highest BCUT2D eigenvalue weighted by Crippen LogP contribution is 2.12. The van der Waals surface area contributed by atoms with Crippen LogP contribution in [0, 0.1) is 0 Å². The predicted molar refractivity (Wildman–Crippen MR) is 108 cm³/mol. The number of carboxylic acid groups (broad SMARTS) is 1. The molecule has 0 amide bonds. The molecule has 0 aromatic heterocycles. The molecule has 4 heteroatoms. The molecule has 0 saturated heterocycles. The Kier molecular flexibility index (Phi) is 20.2. The Morgan fingerprint density at radius 1 is 0.692 bits per heavy atom. The predicted octanol–water partition coefficient (Wildman–Crippen LogP) is 7.06. The van der Waals surface area contributed by atoms with E-state index in [4.69, 9.17) is 9.78 Å². The molecular weight excluding hydrogens is 328 g/mol. The molecule has 1 atom stereocenters. The van der Waals surface area contributed by atoms with Crippen LogP contribution in [0.25, 0.3) is 0 Å². The number of carbonyl (C=O) groups is 1. The lowest BCUT2D eigenvalue weighted by Gasteiger charge is -2.12. The van der Waals surface area contributed by atoms with E-state index in [1.54, 1.807) is 0 Å². The molecule has 1 N–H and O–H groups in total. The Labute approximate surface area is 162 Å². The summed E-state index contributed by atoms with van der Waals surface area (Å²) >= 11 is 0. The fraction of sp³-hybridized carbons (Fsp3) is 0.955. The molecule has 0 rings (SSSR count). The van der Waals surface area contributed by atoms with Crippen LogP contribution < -0.4 is 0 Å². The van der Waals surface area contributed by atoms with Gasteiger partial charge in [0.1, 0.15) is 0 Å². The summed E-state index contributed by atoms with van der Waals surface area (Å²) in [5.41, 5.74) is 0. The molecule has 0 aromatic carbocycles. The highest BCUT2D eigenvalue weighted by atomic mass is 17.2. The second kappa shape index (κ2) is 20.7. The van der Waals surface area contributed by atoms with Crippen molar-refractivity contribution in [2.75, 3.05) is 6.61 Å². The lowest BCUT2D eigenvalue weighted by Crippen LogP contribution is -2.24. The summed E-state index contributed by atoms with van der Waals surface area (Å²) in [6.45, 7) is 4.94. The maximum atomic E-state index is 11.2. The zero-order valence-corrected chi connectivity index (χ0v) is 17.5. The summed E-state index contributed by atoms with van der Waals surface area (Å²) in [4.78, 5) is 21.5. The van der Waals surface area contributed by atoms with Gasteiger partial charge in [-0.25, -0.2) is 14.6 Å². The van der Waals surface area contributed by atoms with Crippen molar-refractivity contribution in [2.24, 2.45) is 0 Å². The summed E-state index contributed by atoms with van der Waals surface area (Å²) in [6.07, 6.45) is 19.3. The molecule has 0 bridgehead atoms. The molecule has 0 spiro atoms. The summed E-state index contributed by atoms with van der Waals surface area (Å²) in [7, 11) is 0. The lowest BCUT2D eigenvalue weighted by molar-refractivity contribution is -0.321. The van der Waals surface area contributed by atoms with Gasteiger partial charge in [0.15, 0.2) is 6.10 Å². The maximum absolute atomic E-state index is 11.2. The fourth-order valence-corrected chi connectivity index (χ4v) is 3.10. The second-order valence-corrected chi connectivity index (χ2v) is 7.48. The van der Waals surface area contributed by atoms with Gasteiger partial charge in [-0.15, -0.1) is 0 Å². The number of rotatable bonds is 21. The van der Waals surface area contributed by atoms with Crippen LogP contribution in [0.1, 0.15) is 123 Å². The van der Waals surface area contributed by atoms with Gasteiger partial charge in [-0.1, -0.05) is 110 Å². The lowest BCUT2D eigenvalue weighted by atomic mass is 10.1. The van der Waals surface area contributed by atoms with Gasteiger partial charge in [-0.2, -0.15) is 0 Å². The third-order valence-electron chi connectivity index (χ3n) is 4.86. The van der Waals surface area contributed by atoms with Crippen molar-refractivity contribution in [1.29, 1.82) is 0 Å². The van der Waals surface area contributed by atoms with Crippen LogP contribution in [0.3, 0.4) is 0 Å².